The van der Waals surface area contributed by atoms with Gasteiger partial charge in [0.15, 0.2) is 5.78 Å². The molecule has 5 heteroatoms. The van der Waals surface area contributed by atoms with Gasteiger partial charge in [-0.1, -0.05) is 40.9 Å². The van der Waals surface area contributed by atoms with Crippen LogP contribution in [0, 0.1) is 0 Å². The van der Waals surface area contributed by atoms with Crippen molar-refractivity contribution in [3.05, 3.63) is 32.9 Å². The molecule has 0 unspecified atom stereocenters. The summed E-state index contributed by atoms with van der Waals surface area (Å²) in [6, 6.07) is 3.42. The van der Waals surface area contributed by atoms with Crippen LogP contribution in [0.15, 0.2) is 12.1 Å². The van der Waals surface area contributed by atoms with Gasteiger partial charge in [-0.25, -0.2) is 0 Å². The van der Waals surface area contributed by atoms with E-state index in [1.807, 2.05) is 0 Å². The maximum absolute atomic E-state index is 11.5. The maximum atomic E-state index is 11.5. The van der Waals surface area contributed by atoms with E-state index in [1.54, 1.807) is 23.7 Å². The van der Waals surface area contributed by atoms with Crippen molar-refractivity contribution in [3.8, 4) is 0 Å². The molecular weight excluding hydrogens is 268 g/mol. The largest absolute Gasteiger partial charge is 0.333 e. The average molecular weight is 277 g/mol. The summed E-state index contributed by atoms with van der Waals surface area (Å²) in [5.74, 6) is -0.0889. The highest BCUT2D eigenvalue weighted by Crippen LogP contribution is 2.37. The molecule has 0 aliphatic rings. The first-order valence-corrected chi connectivity index (χ1v) is 5.71. The lowest BCUT2D eigenvalue weighted by atomic mass is 10.1. The highest BCUT2D eigenvalue weighted by molar-refractivity contribution is 6.46. The minimum Gasteiger partial charge on any atom is -0.333 e. The number of halogens is 3. The first kappa shape index (κ1) is 11.8. The van der Waals surface area contributed by atoms with Crippen LogP contribution in [-0.2, 0) is 7.05 Å². The molecule has 0 saturated heterocycles. The molecule has 0 spiro atoms. The fourth-order valence-electron chi connectivity index (χ4n) is 1.78. The van der Waals surface area contributed by atoms with Gasteiger partial charge in [-0.3, -0.25) is 4.79 Å². The van der Waals surface area contributed by atoms with E-state index in [1.165, 1.54) is 6.92 Å². The van der Waals surface area contributed by atoms with Gasteiger partial charge in [0.1, 0.15) is 5.15 Å². The minimum absolute atomic E-state index is 0.0889. The Morgan fingerprint density at radius 2 is 1.88 bits per heavy atom. The van der Waals surface area contributed by atoms with Gasteiger partial charge in [0.2, 0.25) is 0 Å². The average Bonchev–Trinajstić information content (AvgIpc) is 2.46. The lowest BCUT2D eigenvalue weighted by molar-refractivity contribution is 0.101. The summed E-state index contributed by atoms with van der Waals surface area (Å²) in [5, 5.41) is 1.97. The zero-order valence-electron chi connectivity index (χ0n) is 8.64. The van der Waals surface area contributed by atoms with Gasteiger partial charge in [0, 0.05) is 12.4 Å². The first-order valence-electron chi connectivity index (χ1n) is 4.58. The molecule has 1 aromatic carbocycles. The number of ketones is 1. The van der Waals surface area contributed by atoms with Crippen molar-refractivity contribution in [2.45, 2.75) is 6.92 Å². The fourth-order valence-corrected chi connectivity index (χ4v) is 2.54. The SMILES string of the molecule is CC(=O)c1c(Cl)n(C)c2c(Cl)c(Cl)ccc12. The Morgan fingerprint density at radius 1 is 1.25 bits per heavy atom. The predicted molar refractivity (Wildman–Crippen MR) is 68.0 cm³/mol. The molecule has 0 atom stereocenters. The van der Waals surface area contributed by atoms with E-state index in [0.717, 1.165) is 5.39 Å². The number of benzene rings is 1. The number of hydrogen-bond acceptors (Lipinski definition) is 1. The van der Waals surface area contributed by atoms with Crippen LogP contribution in [0.4, 0.5) is 0 Å². The second-order valence-electron chi connectivity index (χ2n) is 3.54. The minimum atomic E-state index is -0.0889. The van der Waals surface area contributed by atoms with E-state index in [9.17, 15) is 4.79 Å². The molecule has 0 aliphatic carbocycles. The van der Waals surface area contributed by atoms with E-state index >= 15 is 0 Å². The predicted octanol–water partition coefficient (Wildman–Crippen LogP) is 4.34. The molecule has 1 aromatic heterocycles. The van der Waals surface area contributed by atoms with Gasteiger partial charge >= 0.3 is 0 Å². The lowest BCUT2D eigenvalue weighted by Gasteiger charge is -2.01. The summed E-state index contributed by atoms with van der Waals surface area (Å²) in [7, 11) is 1.75. The summed E-state index contributed by atoms with van der Waals surface area (Å²) in [6.07, 6.45) is 0. The molecule has 0 bridgehead atoms. The Labute approximate surface area is 108 Å². The molecule has 2 rings (SSSR count). The topological polar surface area (TPSA) is 22.0 Å². The lowest BCUT2D eigenvalue weighted by Crippen LogP contribution is -1.92. The van der Waals surface area contributed by atoms with Crippen LogP contribution in [0.5, 0.6) is 0 Å². The third-order valence-corrected chi connectivity index (χ3v) is 3.76. The van der Waals surface area contributed by atoms with Crippen molar-refractivity contribution in [2.75, 3.05) is 0 Å². The smallest absolute Gasteiger partial charge is 0.163 e. The third-order valence-electron chi connectivity index (χ3n) is 2.53. The van der Waals surface area contributed by atoms with Crippen molar-refractivity contribution in [1.82, 2.24) is 4.57 Å². The number of nitrogens with zero attached hydrogens (tertiary/aromatic N) is 1. The van der Waals surface area contributed by atoms with Crippen LogP contribution in [-0.4, -0.2) is 10.4 Å². The van der Waals surface area contributed by atoms with Gasteiger partial charge in [-0.2, -0.15) is 0 Å². The van der Waals surface area contributed by atoms with Gasteiger partial charge in [-0.15, -0.1) is 0 Å². The summed E-state index contributed by atoms with van der Waals surface area (Å²) in [6.45, 7) is 1.48. The van der Waals surface area contributed by atoms with Gasteiger partial charge in [0.05, 0.1) is 21.1 Å². The van der Waals surface area contributed by atoms with Crippen LogP contribution in [0.2, 0.25) is 15.2 Å². The van der Waals surface area contributed by atoms with E-state index < -0.39 is 0 Å². The van der Waals surface area contributed by atoms with Crippen molar-refractivity contribution >= 4 is 51.5 Å². The molecule has 16 heavy (non-hydrogen) atoms. The molecule has 0 fully saturated rings. The quantitative estimate of drug-likeness (QED) is 0.710. The number of fused-ring (bicyclic) bond motifs is 1. The Balaban J connectivity index is 3.01. The van der Waals surface area contributed by atoms with E-state index in [2.05, 4.69) is 0 Å². The van der Waals surface area contributed by atoms with E-state index in [-0.39, 0.29) is 5.78 Å². The molecule has 0 N–H and O–H groups in total. The number of aryl methyl sites for hydroxylation is 1. The second-order valence-corrected chi connectivity index (χ2v) is 4.68. The number of rotatable bonds is 1. The molecular formula is C11H8Cl3NO. The summed E-state index contributed by atoms with van der Waals surface area (Å²) < 4.78 is 1.67. The van der Waals surface area contributed by atoms with Crippen LogP contribution in [0.3, 0.4) is 0 Å². The fraction of sp³-hybridized carbons (Fsp3) is 0.182. The van der Waals surface area contributed by atoms with Crippen molar-refractivity contribution < 1.29 is 4.79 Å². The molecule has 0 amide bonds. The van der Waals surface area contributed by atoms with Gasteiger partial charge in [-0.05, 0) is 13.0 Å². The van der Waals surface area contributed by atoms with Crippen molar-refractivity contribution in [2.24, 2.45) is 7.05 Å². The Morgan fingerprint density at radius 3 is 2.44 bits per heavy atom. The zero-order valence-corrected chi connectivity index (χ0v) is 10.9. The first-order chi connectivity index (χ1) is 7.45. The van der Waals surface area contributed by atoms with Crippen molar-refractivity contribution in [3.63, 3.8) is 0 Å². The standard InChI is InChI=1S/C11H8Cl3NO/c1-5(16)8-6-3-4-7(12)9(13)10(6)15(2)11(8)14/h3-4H,1-2H3. The van der Waals surface area contributed by atoms with E-state index in [4.69, 9.17) is 34.8 Å². The van der Waals surface area contributed by atoms with Crippen LogP contribution >= 0.6 is 34.8 Å². The summed E-state index contributed by atoms with van der Waals surface area (Å²) >= 11 is 18.1. The van der Waals surface area contributed by atoms with Crippen LogP contribution < -0.4 is 0 Å². The third kappa shape index (κ3) is 1.53. The van der Waals surface area contributed by atoms with E-state index in [0.29, 0.717) is 26.3 Å². The molecule has 0 radical (unpaired) electrons. The Hall–Kier alpha value is -0.700. The Kier molecular flexibility index (Phi) is 2.91. The number of carbonyl (C=O) groups is 1. The van der Waals surface area contributed by atoms with Crippen LogP contribution in [0.25, 0.3) is 10.9 Å². The number of hydrogen-bond donors (Lipinski definition) is 0. The highest BCUT2D eigenvalue weighted by Gasteiger charge is 2.19. The Bertz CT molecular complexity index is 601. The summed E-state index contributed by atoms with van der Waals surface area (Å²) in [5.41, 5.74) is 1.17. The van der Waals surface area contributed by atoms with Gasteiger partial charge in [0.25, 0.3) is 0 Å². The van der Waals surface area contributed by atoms with Crippen LogP contribution in [0.1, 0.15) is 17.3 Å². The molecule has 2 nitrogen and oxygen atoms in total. The molecule has 0 aliphatic heterocycles. The monoisotopic (exact) mass is 275 g/mol. The zero-order chi connectivity index (χ0) is 12.0. The second kappa shape index (κ2) is 3.95. The molecule has 1 heterocycles. The summed E-state index contributed by atoms with van der Waals surface area (Å²) in [4.78, 5) is 11.5. The number of carbonyl (C=O) groups excluding carboxylic acids is 1. The normalized spacial score (nSPS) is 11.1. The van der Waals surface area contributed by atoms with Crippen molar-refractivity contribution in [1.29, 1.82) is 0 Å². The number of Topliss-reactive ketones (excluding diaryl/α,β-unsaturated/α-hetero) is 1. The maximum Gasteiger partial charge on any atom is 0.163 e. The van der Waals surface area contributed by atoms with Gasteiger partial charge < -0.3 is 4.57 Å². The molecule has 84 valence electrons. The molecule has 2 aromatic rings. The highest BCUT2D eigenvalue weighted by atomic mass is 35.5. The number of aromatic nitrogens is 1. The molecule has 0 saturated carbocycles.